The van der Waals surface area contributed by atoms with Gasteiger partial charge in [-0.1, -0.05) is 46.0 Å². The number of rotatable bonds is 5. The molecule has 1 saturated heterocycles. The standard InChI is InChI=1S/C17H34N2/c1-4-17(5-2)14-19(15(3)13-18-17)12-11-16-9-7-6-8-10-16/h15-16,18H,4-14H2,1-3H3. The third-order valence-electron chi connectivity index (χ3n) is 5.80. The first-order chi connectivity index (χ1) is 9.19. The van der Waals surface area contributed by atoms with Crippen molar-refractivity contribution in [2.45, 2.75) is 83.7 Å². The molecule has 19 heavy (non-hydrogen) atoms. The van der Waals surface area contributed by atoms with Crippen LogP contribution in [0.25, 0.3) is 0 Å². The van der Waals surface area contributed by atoms with E-state index in [1.54, 1.807) is 0 Å². The molecule has 1 heterocycles. The highest BCUT2D eigenvalue weighted by Gasteiger charge is 2.34. The first kappa shape index (κ1) is 15.3. The van der Waals surface area contributed by atoms with Gasteiger partial charge in [0.15, 0.2) is 0 Å². The Balaban J connectivity index is 1.83. The summed E-state index contributed by atoms with van der Waals surface area (Å²) in [6, 6.07) is 0.717. The lowest BCUT2D eigenvalue weighted by Crippen LogP contribution is -2.63. The van der Waals surface area contributed by atoms with Crippen LogP contribution in [0.5, 0.6) is 0 Å². The fourth-order valence-corrected chi connectivity index (χ4v) is 3.94. The summed E-state index contributed by atoms with van der Waals surface area (Å²) >= 11 is 0. The van der Waals surface area contributed by atoms with Crippen molar-refractivity contribution in [1.82, 2.24) is 10.2 Å². The lowest BCUT2D eigenvalue weighted by Gasteiger charge is -2.47. The zero-order valence-corrected chi connectivity index (χ0v) is 13.4. The maximum atomic E-state index is 3.81. The molecule has 1 unspecified atom stereocenters. The van der Waals surface area contributed by atoms with E-state index in [1.807, 2.05) is 0 Å². The zero-order valence-electron chi connectivity index (χ0n) is 13.4. The van der Waals surface area contributed by atoms with Gasteiger partial charge in [-0.15, -0.1) is 0 Å². The maximum absolute atomic E-state index is 3.81. The number of piperazine rings is 1. The Hall–Kier alpha value is -0.0800. The molecule has 1 aliphatic heterocycles. The zero-order chi connectivity index (χ0) is 13.7. The number of hydrogen-bond donors (Lipinski definition) is 1. The van der Waals surface area contributed by atoms with Crippen LogP contribution in [0.1, 0.15) is 72.1 Å². The third kappa shape index (κ3) is 3.95. The van der Waals surface area contributed by atoms with Gasteiger partial charge in [0.2, 0.25) is 0 Å². The summed E-state index contributed by atoms with van der Waals surface area (Å²) in [7, 11) is 0. The average molecular weight is 266 g/mol. The molecule has 2 rings (SSSR count). The van der Waals surface area contributed by atoms with E-state index in [1.165, 1.54) is 71.0 Å². The van der Waals surface area contributed by atoms with Gasteiger partial charge in [-0.25, -0.2) is 0 Å². The van der Waals surface area contributed by atoms with E-state index in [-0.39, 0.29) is 0 Å². The van der Waals surface area contributed by atoms with E-state index in [2.05, 4.69) is 31.0 Å². The van der Waals surface area contributed by atoms with Gasteiger partial charge in [0.05, 0.1) is 0 Å². The molecule has 0 spiro atoms. The SMILES string of the molecule is CCC1(CC)CN(CCC2CCCCC2)C(C)CN1. The summed E-state index contributed by atoms with van der Waals surface area (Å²) in [5, 5.41) is 3.81. The van der Waals surface area contributed by atoms with Crippen molar-refractivity contribution in [2.75, 3.05) is 19.6 Å². The molecular formula is C17H34N2. The Labute approximate surface area is 120 Å². The Morgan fingerprint density at radius 2 is 1.79 bits per heavy atom. The molecule has 2 nitrogen and oxygen atoms in total. The normalized spacial score (nSPS) is 29.5. The minimum atomic E-state index is 0.388. The number of nitrogens with zero attached hydrogens (tertiary/aromatic N) is 1. The quantitative estimate of drug-likeness (QED) is 0.814. The Kier molecular flexibility index (Phi) is 5.70. The van der Waals surface area contributed by atoms with Crippen molar-refractivity contribution in [2.24, 2.45) is 5.92 Å². The van der Waals surface area contributed by atoms with Crippen LogP contribution in [0, 0.1) is 5.92 Å². The highest BCUT2D eigenvalue weighted by atomic mass is 15.2. The number of nitrogens with one attached hydrogen (secondary N) is 1. The fraction of sp³-hybridized carbons (Fsp3) is 1.00. The summed E-state index contributed by atoms with van der Waals surface area (Å²) in [6.45, 7) is 10.8. The molecule has 2 aliphatic rings. The van der Waals surface area contributed by atoms with E-state index >= 15 is 0 Å². The van der Waals surface area contributed by atoms with Gasteiger partial charge in [0.25, 0.3) is 0 Å². The predicted octanol–water partition coefficient (Wildman–Crippen LogP) is 3.81. The van der Waals surface area contributed by atoms with Crippen LogP contribution in [-0.2, 0) is 0 Å². The summed E-state index contributed by atoms with van der Waals surface area (Å²) in [6.07, 6.45) is 11.4. The minimum absolute atomic E-state index is 0.388. The van der Waals surface area contributed by atoms with Crippen molar-refractivity contribution in [3.05, 3.63) is 0 Å². The Morgan fingerprint density at radius 3 is 2.42 bits per heavy atom. The lowest BCUT2D eigenvalue weighted by atomic mass is 9.85. The molecule has 0 radical (unpaired) electrons. The van der Waals surface area contributed by atoms with Crippen LogP contribution in [0.4, 0.5) is 0 Å². The second-order valence-corrected chi connectivity index (χ2v) is 6.98. The second-order valence-electron chi connectivity index (χ2n) is 6.98. The van der Waals surface area contributed by atoms with E-state index in [0.717, 1.165) is 12.0 Å². The van der Waals surface area contributed by atoms with E-state index < -0.39 is 0 Å². The summed E-state index contributed by atoms with van der Waals surface area (Å²) in [4.78, 5) is 2.76. The number of hydrogen-bond acceptors (Lipinski definition) is 2. The fourth-order valence-electron chi connectivity index (χ4n) is 3.94. The third-order valence-corrected chi connectivity index (χ3v) is 5.80. The maximum Gasteiger partial charge on any atom is 0.0304 e. The molecule has 1 saturated carbocycles. The van der Waals surface area contributed by atoms with Crippen molar-refractivity contribution in [1.29, 1.82) is 0 Å². The topological polar surface area (TPSA) is 15.3 Å². The summed E-state index contributed by atoms with van der Waals surface area (Å²) in [5.41, 5.74) is 0.388. The molecule has 0 aromatic rings. The molecule has 1 N–H and O–H groups in total. The van der Waals surface area contributed by atoms with E-state index in [4.69, 9.17) is 0 Å². The smallest absolute Gasteiger partial charge is 0.0304 e. The van der Waals surface area contributed by atoms with E-state index in [0.29, 0.717) is 5.54 Å². The second kappa shape index (κ2) is 7.08. The van der Waals surface area contributed by atoms with Crippen LogP contribution < -0.4 is 5.32 Å². The highest BCUT2D eigenvalue weighted by Crippen LogP contribution is 2.28. The molecule has 2 heteroatoms. The van der Waals surface area contributed by atoms with Crippen LogP contribution in [0.3, 0.4) is 0 Å². The van der Waals surface area contributed by atoms with Crippen molar-refractivity contribution in [3.63, 3.8) is 0 Å². The predicted molar refractivity (Wildman–Crippen MR) is 83.5 cm³/mol. The van der Waals surface area contributed by atoms with Crippen LogP contribution in [0.2, 0.25) is 0 Å². The van der Waals surface area contributed by atoms with Gasteiger partial charge in [-0.05, 0) is 38.6 Å². The molecule has 112 valence electrons. The van der Waals surface area contributed by atoms with Crippen LogP contribution in [0.15, 0.2) is 0 Å². The molecule has 0 bridgehead atoms. The first-order valence-electron chi connectivity index (χ1n) is 8.68. The van der Waals surface area contributed by atoms with Gasteiger partial charge >= 0.3 is 0 Å². The van der Waals surface area contributed by atoms with Crippen LogP contribution >= 0.6 is 0 Å². The van der Waals surface area contributed by atoms with Gasteiger partial charge in [-0.2, -0.15) is 0 Å². The molecule has 0 aromatic carbocycles. The van der Waals surface area contributed by atoms with Gasteiger partial charge in [0.1, 0.15) is 0 Å². The van der Waals surface area contributed by atoms with Crippen molar-refractivity contribution < 1.29 is 0 Å². The largest absolute Gasteiger partial charge is 0.308 e. The van der Waals surface area contributed by atoms with Crippen molar-refractivity contribution >= 4 is 0 Å². The molecule has 0 amide bonds. The first-order valence-corrected chi connectivity index (χ1v) is 8.68. The van der Waals surface area contributed by atoms with E-state index in [9.17, 15) is 0 Å². The molecule has 1 atom stereocenters. The monoisotopic (exact) mass is 266 g/mol. The minimum Gasteiger partial charge on any atom is -0.308 e. The lowest BCUT2D eigenvalue weighted by molar-refractivity contribution is 0.0737. The van der Waals surface area contributed by atoms with Crippen molar-refractivity contribution in [3.8, 4) is 0 Å². The summed E-state index contributed by atoms with van der Waals surface area (Å²) < 4.78 is 0. The van der Waals surface area contributed by atoms with Gasteiger partial charge < -0.3 is 5.32 Å². The molecule has 2 fully saturated rings. The summed E-state index contributed by atoms with van der Waals surface area (Å²) in [5.74, 6) is 1.02. The van der Waals surface area contributed by atoms with Crippen LogP contribution in [-0.4, -0.2) is 36.1 Å². The Morgan fingerprint density at radius 1 is 1.11 bits per heavy atom. The highest BCUT2D eigenvalue weighted by molar-refractivity contribution is 4.95. The molecular weight excluding hydrogens is 232 g/mol. The Bertz CT molecular complexity index is 254. The van der Waals surface area contributed by atoms with Gasteiger partial charge in [0, 0.05) is 24.7 Å². The van der Waals surface area contributed by atoms with Gasteiger partial charge in [-0.3, -0.25) is 4.90 Å². The average Bonchev–Trinajstić information content (AvgIpc) is 2.48. The molecule has 1 aliphatic carbocycles. The molecule has 0 aromatic heterocycles.